The highest BCUT2D eigenvalue weighted by Crippen LogP contribution is 2.10. The molecular formula is C9H14N2S2. The molecule has 4 heteroatoms. The van der Waals surface area contributed by atoms with Crippen LogP contribution < -0.4 is 0 Å². The van der Waals surface area contributed by atoms with E-state index in [1.807, 2.05) is 25.6 Å². The van der Waals surface area contributed by atoms with E-state index in [4.69, 9.17) is 12.2 Å². The Labute approximate surface area is 88.2 Å². The van der Waals surface area contributed by atoms with E-state index in [1.165, 1.54) is 0 Å². The number of aromatic amines is 1. The second-order valence-corrected chi connectivity index (χ2v) is 4.54. The number of hydrogen-bond donors (Lipinski definition) is 1. The summed E-state index contributed by atoms with van der Waals surface area (Å²) in [6, 6.07) is 0. The van der Waals surface area contributed by atoms with Crippen LogP contribution in [0.1, 0.15) is 24.0 Å². The van der Waals surface area contributed by atoms with Crippen molar-refractivity contribution in [2.45, 2.75) is 26.5 Å². The normalized spacial score (nSPS) is 10.4. The van der Waals surface area contributed by atoms with Gasteiger partial charge in [-0.2, -0.15) is 11.8 Å². The Morgan fingerprint density at radius 3 is 2.69 bits per heavy atom. The number of thioether (sulfide) groups is 1. The molecule has 0 saturated carbocycles. The first-order valence-corrected chi connectivity index (χ1v) is 5.85. The number of rotatable bonds is 3. The fourth-order valence-corrected chi connectivity index (χ4v) is 1.77. The van der Waals surface area contributed by atoms with E-state index in [1.54, 1.807) is 0 Å². The van der Waals surface area contributed by atoms with Gasteiger partial charge in [0.05, 0.1) is 5.75 Å². The van der Waals surface area contributed by atoms with Gasteiger partial charge in [-0.15, -0.1) is 0 Å². The topological polar surface area (TPSA) is 28.7 Å². The molecule has 72 valence electrons. The third-order valence-corrected chi connectivity index (χ3v) is 3.18. The molecule has 0 aliphatic heterocycles. The number of aryl methyl sites for hydroxylation is 1. The maximum Gasteiger partial charge on any atom is 0.132 e. The zero-order chi connectivity index (χ0) is 9.84. The predicted octanol–water partition coefficient (Wildman–Crippen LogP) is 3.01. The molecule has 2 nitrogen and oxygen atoms in total. The van der Waals surface area contributed by atoms with Crippen LogP contribution in [-0.4, -0.2) is 15.7 Å². The van der Waals surface area contributed by atoms with Gasteiger partial charge in [-0.3, -0.25) is 0 Å². The summed E-state index contributed by atoms with van der Waals surface area (Å²) < 4.78 is 0.725. The van der Waals surface area contributed by atoms with Crippen molar-refractivity contribution in [1.82, 2.24) is 9.97 Å². The Bertz CT molecular complexity index is 344. The van der Waals surface area contributed by atoms with Gasteiger partial charge in [-0.25, -0.2) is 4.98 Å². The summed E-state index contributed by atoms with van der Waals surface area (Å²) in [4.78, 5) is 7.56. The zero-order valence-corrected chi connectivity index (χ0v) is 9.81. The van der Waals surface area contributed by atoms with Crippen LogP contribution in [0.5, 0.6) is 0 Å². The minimum atomic E-state index is 0.725. The second kappa shape index (κ2) is 4.77. The van der Waals surface area contributed by atoms with Crippen molar-refractivity contribution < 1.29 is 0 Å². The van der Waals surface area contributed by atoms with E-state index in [0.29, 0.717) is 0 Å². The molecule has 0 bridgehead atoms. The fraction of sp³-hybridized carbons (Fsp3) is 0.556. The zero-order valence-electron chi connectivity index (χ0n) is 8.18. The van der Waals surface area contributed by atoms with Crippen molar-refractivity contribution in [3.05, 3.63) is 21.7 Å². The molecule has 0 aliphatic rings. The second-order valence-electron chi connectivity index (χ2n) is 2.88. The van der Waals surface area contributed by atoms with Gasteiger partial charge >= 0.3 is 0 Å². The molecule has 1 aromatic rings. The van der Waals surface area contributed by atoms with Gasteiger partial charge in [-0.05, 0) is 19.6 Å². The first-order chi connectivity index (χ1) is 6.15. The Morgan fingerprint density at radius 2 is 2.15 bits per heavy atom. The van der Waals surface area contributed by atoms with Crippen LogP contribution in [0.4, 0.5) is 0 Å². The third kappa shape index (κ3) is 2.81. The molecule has 13 heavy (non-hydrogen) atoms. The van der Waals surface area contributed by atoms with Crippen molar-refractivity contribution in [2.75, 3.05) is 5.75 Å². The van der Waals surface area contributed by atoms with Gasteiger partial charge in [0.1, 0.15) is 10.5 Å². The standard InChI is InChI=1S/C9H14N2S2/c1-4-13-5-8-10-7(3)6(2)9(12)11-8/h4-5H2,1-3H3,(H,10,11,12). The first kappa shape index (κ1) is 10.7. The number of nitrogens with zero attached hydrogens (tertiary/aromatic N) is 1. The molecule has 0 atom stereocenters. The summed E-state index contributed by atoms with van der Waals surface area (Å²) in [6.07, 6.45) is 0. The van der Waals surface area contributed by atoms with Crippen LogP contribution in [-0.2, 0) is 5.75 Å². The van der Waals surface area contributed by atoms with Gasteiger partial charge in [0.25, 0.3) is 0 Å². The van der Waals surface area contributed by atoms with Crippen molar-refractivity contribution in [3.8, 4) is 0 Å². The minimum Gasteiger partial charge on any atom is -0.346 e. The van der Waals surface area contributed by atoms with Crippen LogP contribution in [0.15, 0.2) is 0 Å². The van der Waals surface area contributed by atoms with Gasteiger partial charge in [0, 0.05) is 11.3 Å². The molecule has 0 saturated heterocycles. The van der Waals surface area contributed by atoms with Crippen LogP contribution in [0, 0.1) is 18.5 Å². The van der Waals surface area contributed by atoms with E-state index in [-0.39, 0.29) is 0 Å². The molecule has 0 spiro atoms. The molecule has 0 radical (unpaired) electrons. The van der Waals surface area contributed by atoms with Crippen molar-refractivity contribution in [1.29, 1.82) is 0 Å². The van der Waals surface area contributed by atoms with Crippen LogP contribution >= 0.6 is 24.0 Å². The minimum absolute atomic E-state index is 0.725. The fourth-order valence-electron chi connectivity index (χ4n) is 0.972. The number of aromatic nitrogens is 2. The smallest absolute Gasteiger partial charge is 0.132 e. The number of H-pyrrole nitrogens is 1. The van der Waals surface area contributed by atoms with Crippen LogP contribution in [0.25, 0.3) is 0 Å². The van der Waals surface area contributed by atoms with E-state index in [2.05, 4.69) is 16.9 Å². The van der Waals surface area contributed by atoms with Gasteiger partial charge in [0.15, 0.2) is 0 Å². The average Bonchev–Trinajstić information content (AvgIpc) is 2.10. The largest absolute Gasteiger partial charge is 0.346 e. The molecule has 0 aliphatic carbocycles. The lowest BCUT2D eigenvalue weighted by molar-refractivity contribution is 0.962. The first-order valence-electron chi connectivity index (χ1n) is 4.29. The predicted molar refractivity (Wildman–Crippen MR) is 60.7 cm³/mol. The van der Waals surface area contributed by atoms with Gasteiger partial charge in [-0.1, -0.05) is 19.1 Å². The summed E-state index contributed by atoms with van der Waals surface area (Å²) in [6.45, 7) is 6.17. The van der Waals surface area contributed by atoms with Crippen LogP contribution in [0.2, 0.25) is 0 Å². The van der Waals surface area contributed by atoms with E-state index >= 15 is 0 Å². The average molecular weight is 214 g/mol. The lowest BCUT2D eigenvalue weighted by atomic mass is 10.3. The number of hydrogen-bond acceptors (Lipinski definition) is 3. The van der Waals surface area contributed by atoms with E-state index in [9.17, 15) is 0 Å². The quantitative estimate of drug-likeness (QED) is 0.784. The molecule has 0 amide bonds. The monoisotopic (exact) mass is 214 g/mol. The molecule has 0 unspecified atom stereocenters. The summed E-state index contributed by atoms with van der Waals surface area (Å²) in [5.74, 6) is 3.01. The Kier molecular flexibility index (Phi) is 3.93. The maximum atomic E-state index is 5.14. The van der Waals surface area contributed by atoms with E-state index in [0.717, 1.165) is 33.2 Å². The Hall–Kier alpha value is -0.350. The maximum absolute atomic E-state index is 5.14. The highest BCUT2D eigenvalue weighted by molar-refractivity contribution is 7.98. The lowest BCUT2D eigenvalue weighted by Crippen LogP contribution is -1.98. The van der Waals surface area contributed by atoms with Crippen molar-refractivity contribution in [2.24, 2.45) is 0 Å². The van der Waals surface area contributed by atoms with Crippen molar-refractivity contribution >= 4 is 24.0 Å². The lowest BCUT2D eigenvalue weighted by Gasteiger charge is -2.04. The molecule has 1 N–H and O–H groups in total. The highest BCUT2D eigenvalue weighted by atomic mass is 32.2. The molecular weight excluding hydrogens is 200 g/mol. The molecule has 1 aromatic heterocycles. The molecule has 1 rings (SSSR count). The van der Waals surface area contributed by atoms with Gasteiger partial charge in [0.2, 0.25) is 0 Å². The molecule has 0 aromatic carbocycles. The Morgan fingerprint density at radius 1 is 1.46 bits per heavy atom. The third-order valence-electron chi connectivity index (χ3n) is 1.89. The SMILES string of the molecule is CCSCc1nc(=S)c(C)c(C)[nH]1. The van der Waals surface area contributed by atoms with Gasteiger partial charge < -0.3 is 4.98 Å². The highest BCUT2D eigenvalue weighted by Gasteiger charge is 2.00. The summed E-state index contributed by atoms with van der Waals surface area (Å²) in [5, 5.41) is 0. The molecule has 0 fully saturated rings. The molecule has 1 heterocycles. The van der Waals surface area contributed by atoms with E-state index < -0.39 is 0 Å². The van der Waals surface area contributed by atoms with Crippen LogP contribution in [0.3, 0.4) is 0 Å². The summed E-state index contributed by atoms with van der Waals surface area (Å²) in [7, 11) is 0. The number of nitrogens with one attached hydrogen (secondary N) is 1. The summed E-state index contributed by atoms with van der Waals surface area (Å²) in [5.41, 5.74) is 2.21. The van der Waals surface area contributed by atoms with Crippen molar-refractivity contribution in [3.63, 3.8) is 0 Å². The summed E-state index contributed by atoms with van der Waals surface area (Å²) >= 11 is 6.98. The Balaban J connectivity index is 2.93.